The fraction of sp³-hybridized carbons (Fsp3) is 0. The van der Waals surface area contributed by atoms with Crippen LogP contribution in [-0.4, -0.2) is 4.98 Å². The van der Waals surface area contributed by atoms with Crippen LogP contribution >= 0.6 is 0 Å². The standard InChI is InChI=1S/C13H7N3/c14-8-10-5-6-16-13(7-10)12-4-2-1-3-11(12)9-15/h1-7H. The van der Waals surface area contributed by atoms with Crippen molar-refractivity contribution in [3.8, 4) is 23.4 Å². The fourth-order valence-corrected chi connectivity index (χ4v) is 1.45. The molecule has 0 aliphatic heterocycles. The molecule has 1 aromatic heterocycles. The highest BCUT2D eigenvalue weighted by molar-refractivity contribution is 5.68. The average molecular weight is 205 g/mol. The van der Waals surface area contributed by atoms with Crippen LogP contribution in [0.1, 0.15) is 11.1 Å². The minimum absolute atomic E-state index is 0.540. The molecule has 0 fully saturated rings. The smallest absolute Gasteiger partial charge is 0.0998 e. The first-order chi connectivity index (χ1) is 7.85. The third kappa shape index (κ3) is 1.75. The Labute approximate surface area is 93.2 Å². The molecule has 0 aliphatic rings. The number of hydrogen-bond donors (Lipinski definition) is 0. The minimum Gasteiger partial charge on any atom is -0.256 e. The summed E-state index contributed by atoms with van der Waals surface area (Å²) in [5.41, 5.74) is 2.50. The quantitative estimate of drug-likeness (QED) is 0.718. The zero-order valence-corrected chi connectivity index (χ0v) is 8.38. The first kappa shape index (κ1) is 9.89. The molecule has 3 nitrogen and oxygen atoms in total. The number of nitriles is 2. The Hall–Kier alpha value is -2.65. The van der Waals surface area contributed by atoms with Crippen LogP contribution in [0.15, 0.2) is 42.6 Å². The molecule has 1 heterocycles. The molecule has 2 rings (SSSR count). The molecule has 0 atom stereocenters. The molecule has 0 N–H and O–H groups in total. The monoisotopic (exact) mass is 205 g/mol. The average Bonchev–Trinajstić information content (AvgIpc) is 2.38. The maximum Gasteiger partial charge on any atom is 0.0998 e. The molecule has 0 aliphatic carbocycles. The van der Waals surface area contributed by atoms with Crippen molar-refractivity contribution in [1.29, 1.82) is 10.5 Å². The summed E-state index contributed by atoms with van der Waals surface area (Å²) in [6.07, 6.45) is 1.57. The van der Waals surface area contributed by atoms with E-state index in [1.807, 2.05) is 12.1 Å². The van der Waals surface area contributed by atoms with Gasteiger partial charge in [0.2, 0.25) is 0 Å². The van der Waals surface area contributed by atoms with E-state index in [4.69, 9.17) is 10.5 Å². The summed E-state index contributed by atoms with van der Waals surface area (Å²) in [6.45, 7) is 0. The van der Waals surface area contributed by atoms with E-state index in [-0.39, 0.29) is 0 Å². The molecule has 2 aromatic rings. The van der Waals surface area contributed by atoms with Gasteiger partial charge in [0.25, 0.3) is 0 Å². The van der Waals surface area contributed by atoms with Crippen molar-refractivity contribution in [3.05, 3.63) is 53.7 Å². The molecule has 16 heavy (non-hydrogen) atoms. The summed E-state index contributed by atoms with van der Waals surface area (Å²) >= 11 is 0. The number of pyridine rings is 1. The Morgan fingerprint density at radius 1 is 1.00 bits per heavy atom. The molecule has 3 heteroatoms. The third-order valence-corrected chi connectivity index (χ3v) is 2.21. The normalized spacial score (nSPS) is 9.12. The second kappa shape index (κ2) is 4.25. The van der Waals surface area contributed by atoms with Crippen LogP contribution in [0.3, 0.4) is 0 Å². The molecule has 0 bridgehead atoms. The number of hydrogen-bond acceptors (Lipinski definition) is 3. The molecule has 0 radical (unpaired) electrons. The van der Waals surface area contributed by atoms with Crippen LogP contribution in [0.2, 0.25) is 0 Å². The van der Waals surface area contributed by atoms with Gasteiger partial charge in [0.05, 0.1) is 29.0 Å². The lowest BCUT2D eigenvalue weighted by atomic mass is 10.0. The molecular formula is C13H7N3. The van der Waals surface area contributed by atoms with Crippen LogP contribution in [-0.2, 0) is 0 Å². The Morgan fingerprint density at radius 3 is 2.56 bits per heavy atom. The van der Waals surface area contributed by atoms with E-state index in [2.05, 4.69) is 17.1 Å². The van der Waals surface area contributed by atoms with Gasteiger partial charge in [-0.25, -0.2) is 0 Å². The van der Waals surface area contributed by atoms with E-state index in [9.17, 15) is 0 Å². The van der Waals surface area contributed by atoms with E-state index in [1.54, 1.807) is 30.5 Å². The van der Waals surface area contributed by atoms with Gasteiger partial charge >= 0.3 is 0 Å². The van der Waals surface area contributed by atoms with Crippen molar-refractivity contribution in [1.82, 2.24) is 4.98 Å². The van der Waals surface area contributed by atoms with Gasteiger partial charge in [-0.15, -0.1) is 0 Å². The lowest BCUT2D eigenvalue weighted by Gasteiger charge is -2.02. The summed E-state index contributed by atoms with van der Waals surface area (Å²) in [5.74, 6) is 0. The van der Waals surface area contributed by atoms with Crippen LogP contribution < -0.4 is 0 Å². The van der Waals surface area contributed by atoms with Crippen molar-refractivity contribution >= 4 is 0 Å². The van der Waals surface area contributed by atoms with E-state index in [1.165, 1.54) is 0 Å². The summed E-state index contributed by atoms with van der Waals surface area (Å²) in [5, 5.41) is 17.8. The summed E-state index contributed by atoms with van der Waals surface area (Å²) in [4.78, 5) is 4.16. The van der Waals surface area contributed by atoms with Crippen LogP contribution in [0.4, 0.5) is 0 Å². The topological polar surface area (TPSA) is 60.5 Å². The van der Waals surface area contributed by atoms with Gasteiger partial charge < -0.3 is 0 Å². The second-order valence-corrected chi connectivity index (χ2v) is 3.20. The molecule has 0 spiro atoms. The van der Waals surface area contributed by atoms with E-state index in [0.717, 1.165) is 5.56 Å². The number of aromatic nitrogens is 1. The zero-order valence-electron chi connectivity index (χ0n) is 8.38. The first-order valence-electron chi connectivity index (χ1n) is 4.71. The van der Waals surface area contributed by atoms with E-state index in [0.29, 0.717) is 16.8 Å². The lowest BCUT2D eigenvalue weighted by Crippen LogP contribution is -1.88. The molecule has 1 aromatic carbocycles. The fourth-order valence-electron chi connectivity index (χ4n) is 1.45. The molecule has 0 saturated heterocycles. The molecule has 0 amide bonds. The Balaban J connectivity index is 2.60. The summed E-state index contributed by atoms with van der Waals surface area (Å²) in [6, 6.07) is 14.7. The zero-order chi connectivity index (χ0) is 11.4. The van der Waals surface area contributed by atoms with Gasteiger partial charge in [0, 0.05) is 11.8 Å². The number of rotatable bonds is 1. The molecule has 0 unspecified atom stereocenters. The highest BCUT2D eigenvalue weighted by Gasteiger charge is 2.05. The molecular weight excluding hydrogens is 198 g/mol. The van der Waals surface area contributed by atoms with Gasteiger partial charge in [-0.3, -0.25) is 4.98 Å². The molecule has 74 valence electrons. The van der Waals surface area contributed by atoms with Crippen LogP contribution in [0.5, 0.6) is 0 Å². The molecule has 0 saturated carbocycles. The Bertz CT molecular complexity index is 603. The van der Waals surface area contributed by atoms with Gasteiger partial charge in [-0.1, -0.05) is 18.2 Å². The second-order valence-electron chi connectivity index (χ2n) is 3.20. The predicted molar refractivity (Wildman–Crippen MR) is 59.1 cm³/mol. The van der Waals surface area contributed by atoms with Crippen molar-refractivity contribution in [2.45, 2.75) is 0 Å². The summed E-state index contributed by atoms with van der Waals surface area (Å²) < 4.78 is 0. The van der Waals surface area contributed by atoms with Gasteiger partial charge in [-0.05, 0) is 18.2 Å². The predicted octanol–water partition coefficient (Wildman–Crippen LogP) is 2.49. The largest absolute Gasteiger partial charge is 0.256 e. The SMILES string of the molecule is N#Cc1ccnc(-c2ccccc2C#N)c1. The van der Waals surface area contributed by atoms with Gasteiger partial charge in [0.15, 0.2) is 0 Å². The van der Waals surface area contributed by atoms with Crippen molar-refractivity contribution in [2.75, 3.05) is 0 Å². The third-order valence-electron chi connectivity index (χ3n) is 2.21. The highest BCUT2D eigenvalue weighted by Crippen LogP contribution is 2.21. The lowest BCUT2D eigenvalue weighted by molar-refractivity contribution is 1.30. The maximum absolute atomic E-state index is 8.96. The number of nitrogens with zero attached hydrogens (tertiary/aromatic N) is 3. The van der Waals surface area contributed by atoms with E-state index >= 15 is 0 Å². The van der Waals surface area contributed by atoms with Crippen LogP contribution in [0.25, 0.3) is 11.3 Å². The van der Waals surface area contributed by atoms with Crippen molar-refractivity contribution in [2.24, 2.45) is 0 Å². The first-order valence-corrected chi connectivity index (χ1v) is 4.71. The minimum atomic E-state index is 0.540. The highest BCUT2D eigenvalue weighted by atomic mass is 14.7. The maximum atomic E-state index is 8.96. The van der Waals surface area contributed by atoms with Gasteiger partial charge in [-0.2, -0.15) is 10.5 Å². The van der Waals surface area contributed by atoms with Crippen molar-refractivity contribution in [3.63, 3.8) is 0 Å². The van der Waals surface area contributed by atoms with Gasteiger partial charge in [0.1, 0.15) is 0 Å². The van der Waals surface area contributed by atoms with Crippen molar-refractivity contribution < 1.29 is 0 Å². The Kier molecular flexibility index (Phi) is 2.63. The van der Waals surface area contributed by atoms with E-state index < -0.39 is 0 Å². The van der Waals surface area contributed by atoms with Crippen LogP contribution in [0, 0.1) is 22.7 Å². The Morgan fingerprint density at radius 2 is 1.81 bits per heavy atom. The summed E-state index contributed by atoms with van der Waals surface area (Å²) in [7, 11) is 0. The number of benzene rings is 1.